The highest BCUT2D eigenvalue weighted by Crippen LogP contribution is 2.18. The fraction of sp³-hybridized carbons (Fsp3) is 0.0833. The number of nitriles is 1. The lowest BCUT2D eigenvalue weighted by Gasteiger charge is -2.07. The number of nitrogens with one attached hydrogen (secondary N) is 1. The quantitative estimate of drug-likeness (QED) is 0.947. The summed E-state index contributed by atoms with van der Waals surface area (Å²) >= 11 is 3.34. The van der Waals surface area contributed by atoms with E-state index in [0.29, 0.717) is 12.4 Å². The Morgan fingerprint density at radius 2 is 2.17 bits per heavy atom. The zero-order chi connectivity index (χ0) is 13.0. The molecule has 1 aromatic heterocycles. The van der Waals surface area contributed by atoms with Crippen LogP contribution >= 0.6 is 15.9 Å². The summed E-state index contributed by atoms with van der Waals surface area (Å²) < 4.78 is 13.9. The Morgan fingerprint density at radius 3 is 2.83 bits per heavy atom. The van der Waals surface area contributed by atoms with E-state index in [9.17, 15) is 4.39 Å². The zero-order valence-corrected chi connectivity index (χ0v) is 10.8. The molecule has 0 atom stereocenters. The second-order valence-electron chi connectivity index (χ2n) is 3.49. The summed E-state index contributed by atoms with van der Waals surface area (Å²) in [5, 5.41) is 11.6. The average molecular weight is 307 g/mol. The van der Waals surface area contributed by atoms with Gasteiger partial charge < -0.3 is 5.32 Å². The maximum atomic E-state index is 13.1. The Kier molecular flexibility index (Phi) is 3.85. The van der Waals surface area contributed by atoms with Crippen molar-refractivity contribution in [3.8, 4) is 6.07 Å². The van der Waals surface area contributed by atoms with Crippen molar-refractivity contribution in [2.75, 3.05) is 5.32 Å². The molecular weight excluding hydrogens is 299 g/mol. The first kappa shape index (κ1) is 12.5. The van der Waals surface area contributed by atoms with Crippen molar-refractivity contribution in [2.24, 2.45) is 0 Å². The molecule has 0 bridgehead atoms. The van der Waals surface area contributed by atoms with Gasteiger partial charge in [0.25, 0.3) is 0 Å². The molecule has 0 amide bonds. The molecule has 6 heteroatoms. The van der Waals surface area contributed by atoms with Crippen LogP contribution < -0.4 is 5.32 Å². The van der Waals surface area contributed by atoms with Gasteiger partial charge >= 0.3 is 0 Å². The first-order chi connectivity index (χ1) is 8.69. The molecule has 0 aliphatic carbocycles. The molecule has 0 aliphatic rings. The monoisotopic (exact) mass is 306 g/mol. The highest BCUT2D eigenvalue weighted by Gasteiger charge is 2.02. The summed E-state index contributed by atoms with van der Waals surface area (Å²) in [7, 11) is 0. The van der Waals surface area contributed by atoms with E-state index in [1.165, 1.54) is 24.5 Å². The lowest BCUT2D eigenvalue weighted by atomic mass is 10.2. The molecule has 0 fully saturated rings. The molecule has 0 saturated heterocycles. The molecule has 0 unspecified atom stereocenters. The Balaban J connectivity index is 2.07. The Bertz CT molecular complexity index is 592. The third-order valence-corrected chi connectivity index (χ3v) is 3.01. The van der Waals surface area contributed by atoms with E-state index in [0.717, 1.165) is 10.0 Å². The minimum Gasteiger partial charge on any atom is -0.365 e. The molecule has 2 aromatic rings. The van der Waals surface area contributed by atoms with Gasteiger partial charge in [-0.15, -0.1) is 0 Å². The molecule has 2 rings (SSSR count). The number of benzene rings is 1. The molecule has 0 radical (unpaired) electrons. The van der Waals surface area contributed by atoms with Crippen LogP contribution in [0, 0.1) is 17.1 Å². The first-order valence-corrected chi connectivity index (χ1v) is 5.88. The van der Waals surface area contributed by atoms with Crippen molar-refractivity contribution < 1.29 is 4.39 Å². The summed E-state index contributed by atoms with van der Waals surface area (Å²) in [5.74, 6) is 0.242. The number of hydrogen-bond acceptors (Lipinski definition) is 4. The molecule has 0 spiro atoms. The maximum Gasteiger partial charge on any atom is 0.158 e. The Morgan fingerprint density at radius 1 is 1.33 bits per heavy atom. The lowest BCUT2D eigenvalue weighted by Crippen LogP contribution is -2.03. The minimum atomic E-state index is -0.291. The topological polar surface area (TPSA) is 61.6 Å². The largest absolute Gasteiger partial charge is 0.365 e. The molecule has 1 heterocycles. The number of anilines is 1. The molecule has 90 valence electrons. The molecule has 4 nitrogen and oxygen atoms in total. The van der Waals surface area contributed by atoms with E-state index in [1.807, 2.05) is 6.07 Å². The van der Waals surface area contributed by atoms with Crippen molar-refractivity contribution in [1.29, 1.82) is 5.26 Å². The second kappa shape index (κ2) is 5.56. The summed E-state index contributed by atoms with van der Waals surface area (Å²) in [6, 6.07) is 6.36. The van der Waals surface area contributed by atoms with E-state index in [-0.39, 0.29) is 11.5 Å². The maximum absolute atomic E-state index is 13.1. The standard InChI is InChI=1S/C12H8BrFN4/c13-11-2-1-9(14)3-8(11)5-17-12-7-16-10(4-15)6-18-12/h1-3,6-7H,5H2,(H,17,18). The van der Waals surface area contributed by atoms with Crippen LogP contribution in [0.25, 0.3) is 0 Å². The van der Waals surface area contributed by atoms with E-state index in [1.54, 1.807) is 6.07 Å². The van der Waals surface area contributed by atoms with Crippen LogP contribution in [-0.4, -0.2) is 9.97 Å². The smallest absolute Gasteiger partial charge is 0.158 e. The van der Waals surface area contributed by atoms with Gasteiger partial charge in [-0.25, -0.2) is 14.4 Å². The van der Waals surface area contributed by atoms with Gasteiger partial charge in [-0.2, -0.15) is 5.26 Å². The van der Waals surface area contributed by atoms with Gasteiger partial charge in [0.05, 0.1) is 12.4 Å². The fourth-order valence-electron chi connectivity index (χ4n) is 1.34. The van der Waals surface area contributed by atoms with Crippen LogP contribution in [0.15, 0.2) is 35.1 Å². The van der Waals surface area contributed by atoms with Gasteiger partial charge in [0.15, 0.2) is 5.69 Å². The van der Waals surface area contributed by atoms with Crippen molar-refractivity contribution in [3.63, 3.8) is 0 Å². The molecule has 18 heavy (non-hydrogen) atoms. The number of rotatable bonds is 3. The van der Waals surface area contributed by atoms with Crippen molar-refractivity contribution in [3.05, 3.63) is 52.1 Å². The van der Waals surface area contributed by atoms with Gasteiger partial charge in [-0.05, 0) is 23.8 Å². The zero-order valence-electron chi connectivity index (χ0n) is 9.19. The predicted molar refractivity (Wildman–Crippen MR) is 68.2 cm³/mol. The van der Waals surface area contributed by atoms with E-state index in [4.69, 9.17) is 5.26 Å². The van der Waals surface area contributed by atoms with Crippen molar-refractivity contribution in [1.82, 2.24) is 9.97 Å². The third kappa shape index (κ3) is 3.02. The Hall–Kier alpha value is -2.00. The lowest BCUT2D eigenvalue weighted by molar-refractivity contribution is 0.625. The number of aromatic nitrogens is 2. The first-order valence-electron chi connectivity index (χ1n) is 5.09. The molecule has 0 aliphatic heterocycles. The van der Waals surface area contributed by atoms with Gasteiger partial charge in [0.2, 0.25) is 0 Å². The summed E-state index contributed by atoms with van der Waals surface area (Å²) in [5.41, 5.74) is 1.04. The normalized spacial score (nSPS) is 9.83. The summed E-state index contributed by atoms with van der Waals surface area (Å²) in [6.45, 7) is 0.416. The average Bonchev–Trinajstić information content (AvgIpc) is 2.40. The number of hydrogen-bond donors (Lipinski definition) is 1. The predicted octanol–water partition coefficient (Wildman–Crippen LogP) is 2.86. The van der Waals surface area contributed by atoms with Gasteiger partial charge in [-0.1, -0.05) is 15.9 Å². The van der Waals surface area contributed by atoms with Crippen LogP contribution in [-0.2, 0) is 6.54 Å². The van der Waals surface area contributed by atoms with Crippen LogP contribution in [0.5, 0.6) is 0 Å². The van der Waals surface area contributed by atoms with Gasteiger partial charge in [0, 0.05) is 11.0 Å². The van der Waals surface area contributed by atoms with E-state index in [2.05, 4.69) is 31.2 Å². The van der Waals surface area contributed by atoms with E-state index >= 15 is 0 Å². The van der Waals surface area contributed by atoms with Crippen LogP contribution in [0.4, 0.5) is 10.2 Å². The summed E-state index contributed by atoms with van der Waals surface area (Å²) in [6.07, 6.45) is 2.84. The SMILES string of the molecule is N#Cc1cnc(NCc2cc(F)ccc2Br)cn1. The van der Waals surface area contributed by atoms with Crippen LogP contribution in [0.1, 0.15) is 11.3 Å². The fourth-order valence-corrected chi connectivity index (χ4v) is 1.73. The van der Waals surface area contributed by atoms with Crippen molar-refractivity contribution >= 4 is 21.7 Å². The second-order valence-corrected chi connectivity index (χ2v) is 4.34. The molecular formula is C12H8BrFN4. The van der Waals surface area contributed by atoms with Crippen LogP contribution in [0.2, 0.25) is 0 Å². The molecule has 0 saturated carbocycles. The Labute approximate surface area is 112 Å². The number of halogens is 2. The number of nitrogens with zero attached hydrogens (tertiary/aromatic N) is 3. The highest BCUT2D eigenvalue weighted by molar-refractivity contribution is 9.10. The van der Waals surface area contributed by atoms with Gasteiger partial charge in [-0.3, -0.25) is 0 Å². The molecule has 1 N–H and O–H groups in total. The third-order valence-electron chi connectivity index (χ3n) is 2.23. The summed E-state index contributed by atoms with van der Waals surface area (Å²) in [4.78, 5) is 7.89. The van der Waals surface area contributed by atoms with Gasteiger partial charge in [0.1, 0.15) is 17.7 Å². The van der Waals surface area contributed by atoms with E-state index < -0.39 is 0 Å². The molecule has 1 aromatic carbocycles. The van der Waals surface area contributed by atoms with Crippen molar-refractivity contribution in [2.45, 2.75) is 6.54 Å². The minimum absolute atomic E-state index is 0.257. The highest BCUT2D eigenvalue weighted by atomic mass is 79.9. The van der Waals surface area contributed by atoms with Crippen LogP contribution in [0.3, 0.4) is 0 Å².